The molecular formula is H5NaO3. The Hall–Kier alpha value is 0.880. The fourth-order valence-corrected chi connectivity index (χ4v) is 0. The molecule has 0 rings (SSSR count). The number of hydrogen-bond acceptors (Lipinski definition) is 2. The van der Waals surface area contributed by atoms with E-state index in [2.05, 4.69) is 0 Å². The molecule has 0 bridgehead atoms. The SMILES string of the molecule is O.OO.[NaH]. The maximum absolute atomic E-state index is 6.00. The van der Waals surface area contributed by atoms with Crippen LogP contribution < -0.4 is 0 Å². The van der Waals surface area contributed by atoms with Crippen LogP contribution in [-0.2, 0) is 0 Å². The summed E-state index contributed by atoms with van der Waals surface area (Å²) in [7, 11) is 0. The van der Waals surface area contributed by atoms with Gasteiger partial charge in [0.05, 0.1) is 0 Å². The van der Waals surface area contributed by atoms with Gasteiger partial charge in [0, 0.05) is 0 Å². The van der Waals surface area contributed by atoms with E-state index in [0.717, 1.165) is 0 Å². The summed E-state index contributed by atoms with van der Waals surface area (Å²) in [6, 6.07) is 0. The number of hydrogen-bond donors (Lipinski definition) is 2. The molecule has 4 N–H and O–H groups in total. The summed E-state index contributed by atoms with van der Waals surface area (Å²) in [5, 5.41) is 12.0. The summed E-state index contributed by atoms with van der Waals surface area (Å²) in [4.78, 5) is 0. The Morgan fingerprint density at radius 2 is 1.00 bits per heavy atom. The average molecular weight is 76.0 g/mol. The van der Waals surface area contributed by atoms with Crippen molar-refractivity contribution >= 4 is 29.6 Å². The van der Waals surface area contributed by atoms with Gasteiger partial charge in [0.1, 0.15) is 0 Å². The van der Waals surface area contributed by atoms with E-state index in [1.165, 1.54) is 0 Å². The molecule has 0 aliphatic carbocycles. The fraction of sp³-hybridized carbons (Fsp3) is 0. The van der Waals surface area contributed by atoms with Crippen molar-refractivity contribution in [3.8, 4) is 0 Å². The molecule has 0 saturated carbocycles. The second-order valence-corrected chi connectivity index (χ2v) is 0. The molecule has 0 aromatic heterocycles. The van der Waals surface area contributed by atoms with E-state index in [1.54, 1.807) is 0 Å². The van der Waals surface area contributed by atoms with Crippen molar-refractivity contribution in [2.75, 3.05) is 0 Å². The predicted octanol–water partition coefficient (Wildman–Crippen LogP) is -1.46. The van der Waals surface area contributed by atoms with Gasteiger partial charge in [-0.1, -0.05) is 0 Å². The monoisotopic (exact) mass is 76.0 g/mol. The summed E-state index contributed by atoms with van der Waals surface area (Å²) in [6.45, 7) is 0. The zero-order chi connectivity index (χ0) is 2.00. The van der Waals surface area contributed by atoms with Gasteiger partial charge < -0.3 is 5.48 Å². The van der Waals surface area contributed by atoms with E-state index < -0.39 is 0 Å². The summed E-state index contributed by atoms with van der Waals surface area (Å²) >= 11 is 0. The molecule has 3 nitrogen and oxygen atoms in total. The zero-order valence-corrected chi connectivity index (χ0v) is 1.39. The minimum atomic E-state index is 0. The van der Waals surface area contributed by atoms with Crippen molar-refractivity contribution in [3.63, 3.8) is 0 Å². The van der Waals surface area contributed by atoms with E-state index >= 15 is 0 Å². The van der Waals surface area contributed by atoms with Crippen molar-refractivity contribution in [3.05, 3.63) is 0 Å². The first-order valence-electron chi connectivity index (χ1n) is 0.200. The second kappa shape index (κ2) is 41.6. The predicted molar refractivity (Wildman–Crippen MR) is 16.0 cm³/mol. The third kappa shape index (κ3) is 13.1. The van der Waals surface area contributed by atoms with Crippen molar-refractivity contribution in [2.24, 2.45) is 0 Å². The van der Waals surface area contributed by atoms with Gasteiger partial charge >= 0.3 is 29.6 Å². The standard InChI is InChI=1S/Na.H2O2.H2O.H/c;1-2;;/h;1-2H;1H2;. The van der Waals surface area contributed by atoms with E-state index in [1.807, 2.05) is 0 Å². The van der Waals surface area contributed by atoms with Crippen LogP contribution in [0, 0.1) is 0 Å². The van der Waals surface area contributed by atoms with Crippen molar-refractivity contribution < 1.29 is 16.0 Å². The van der Waals surface area contributed by atoms with Crippen LogP contribution in [0.15, 0.2) is 0 Å². The van der Waals surface area contributed by atoms with E-state index in [0.29, 0.717) is 0 Å². The van der Waals surface area contributed by atoms with Crippen LogP contribution in [0.3, 0.4) is 0 Å². The van der Waals surface area contributed by atoms with Crippen LogP contribution >= 0.6 is 0 Å². The molecular weight excluding hydrogens is 71.0 g/mol. The quantitative estimate of drug-likeness (QED) is 0.210. The summed E-state index contributed by atoms with van der Waals surface area (Å²) in [5.74, 6) is 0. The van der Waals surface area contributed by atoms with Crippen molar-refractivity contribution in [2.45, 2.75) is 0 Å². The zero-order valence-electron chi connectivity index (χ0n) is 1.39. The first-order valence-corrected chi connectivity index (χ1v) is 0.200. The molecule has 0 unspecified atom stereocenters. The summed E-state index contributed by atoms with van der Waals surface area (Å²) in [5.41, 5.74) is 0. The Balaban J connectivity index is -0.00000000500. The normalized spacial score (nSPS) is 1.50. The van der Waals surface area contributed by atoms with Crippen LogP contribution in [0.25, 0.3) is 0 Å². The van der Waals surface area contributed by atoms with Crippen LogP contribution in [0.4, 0.5) is 0 Å². The van der Waals surface area contributed by atoms with Crippen molar-refractivity contribution in [1.29, 1.82) is 0 Å². The van der Waals surface area contributed by atoms with Gasteiger partial charge in [-0.25, -0.2) is 0 Å². The molecule has 0 amide bonds. The molecule has 4 heavy (non-hydrogen) atoms. The van der Waals surface area contributed by atoms with Crippen LogP contribution in [0.5, 0.6) is 0 Å². The molecule has 0 fully saturated rings. The van der Waals surface area contributed by atoms with Gasteiger partial charge in [0.25, 0.3) is 0 Å². The third-order valence-electron chi connectivity index (χ3n) is 0. The Bertz CT molecular complexity index is 3.25. The van der Waals surface area contributed by atoms with Gasteiger partial charge in [0.2, 0.25) is 0 Å². The Morgan fingerprint density at radius 1 is 1.00 bits per heavy atom. The summed E-state index contributed by atoms with van der Waals surface area (Å²) < 4.78 is 0. The second-order valence-electron chi connectivity index (χ2n) is 0. The van der Waals surface area contributed by atoms with Gasteiger partial charge in [-0.15, -0.1) is 0 Å². The maximum atomic E-state index is 6.00. The Kier molecular flexibility index (Phi) is 216. The van der Waals surface area contributed by atoms with Crippen LogP contribution in [0.2, 0.25) is 0 Å². The summed E-state index contributed by atoms with van der Waals surface area (Å²) in [6.07, 6.45) is 0. The first kappa shape index (κ1) is 20.8. The van der Waals surface area contributed by atoms with E-state index in [9.17, 15) is 0 Å². The average Bonchev–Trinajstić information content (AvgIpc) is 1.00. The molecule has 0 aliphatic rings. The molecule has 0 radical (unpaired) electrons. The molecule has 4 heteroatoms. The van der Waals surface area contributed by atoms with Gasteiger partial charge in [-0.3, -0.25) is 10.5 Å². The molecule has 0 spiro atoms. The fourth-order valence-electron chi connectivity index (χ4n) is 0. The topological polar surface area (TPSA) is 72.0 Å². The van der Waals surface area contributed by atoms with Crippen LogP contribution in [0.1, 0.15) is 0 Å². The molecule has 0 atom stereocenters. The van der Waals surface area contributed by atoms with Crippen LogP contribution in [-0.4, -0.2) is 45.5 Å². The molecule has 0 saturated heterocycles. The van der Waals surface area contributed by atoms with E-state index in [-0.39, 0.29) is 35.0 Å². The number of rotatable bonds is 0. The first-order chi connectivity index (χ1) is 1.00. The minimum absolute atomic E-state index is 0. The van der Waals surface area contributed by atoms with E-state index in [4.69, 9.17) is 10.5 Å². The van der Waals surface area contributed by atoms with Gasteiger partial charge in [-0.2, -0.15) is 0 Å². The molecule has 0 heterocycles. The molecule has 0 aromatic rings. The Morgan fingerprint density at radius 3 is 1.00 bits per heavy atom. The Labute approximate surface area is 45.8 Å². The molecule has 0 aromatic carbocycles. The molecule has 0 aliphatic heterocycles. The third-order valence-corrected chi connectivity index (χ3v) is 0. The van der Waals surface area contributed by atoms with Crippen molar-refractivity contribution in [1.82, 2.24) is 0 Å². The molecule has 24 valence electrons. The van der Waals surface area contributed by atoms with Gasteiger partial charge in [-0.05, 0) is 0 Å². The van der Waals surface area contributed by atoms with Gasteiger partial charge in [0.15, 0.2) is 0 Å².